The first-order valence-electron chi connectivity index (χ1n) is 7.72. The number of hydrogen-bond donors (Lipinski definition) is 0. The van der Waals surface area contributed by atoms with E-state index in [9.17, 15) is 4.79 Å². The van der Waals surface area contributed by atoms with E-state index in [0.29, 0.717) is 12.5 Å². The average Bonchev–Trinajstić information content (AvgIpc) is 2.53. The summed E-state index contributed by atoms with van der Waals surface area (Å²) in [4.78, 5) is 16.7. The predicted octanol–water partition coefficient (Wildman–Crippen LogP) is 2.56. The molecule has 0 aromatic heterocycles. The van der Waals surface area contributed by atoms with Crippen molar-refractivity contribution in [3.63, 3.8) is 0 Å². The molecule has 3 heteroatoms. The molecule has 0 aliphatic carbocycles. The standard InChI is InChI=1S/C17H26N2O/c1-3-19-13-11-16(12-14-19)18(2)17(20)10-9-15-7-5-4-6-8-15/h4-8,16H,3,9-14H2,1-2H3. The van der Waals surface area contributed by atoms with Crippen LogP contribution in [0.4, 0.5) is 0 Å². The molecule has 0 N–H and O–H groups in total. The maximum Gasteiger partial charge on any atom is 0.222 e. The highest BCUT2D eigenvalue weighted by atomic mass is 16.2. The molecule has 1 aromatic carbocycles. The van der Waals surface area contributed by atoms with Crippen molar-refractivity contribution in [2.75, 3.05) is 26.7 Å². The van der Waals surface area contributed by atoms with E-state index in [4.69, 9.17) is 0 Å². The highest BCUT2D eigenvalue weighted by Crippen LogP contribution is 2.16. The van der Waals surface area contributed by atoms with Gasteiger partial charge in [-0.1, -0.05) is 37.3 Å². The van der Waals surface area contributed by atoms with Gasteiger partial charge in [-0.15, -0.1) is 0 Å². The average molecular weight is 274 g/mol. The summed E-state index contributed by atoms with van der Waals surface area (Å²) in [6.45, 7) is 5.57. The molecule has 0 saturated carbocycles. The van der Waals surface area contributed by atoms with E-state index in [1.807, 2.05) is 30.1 Å². The number of nitrogens with zero attached hydrogens (tertiary/aromatic N) is 2. The fourth-order valence-electron chi connectivity index (χ4n) is 2.90. The Kier molecular flexibility index (Phi) is 5.60. The van der Waals surface area contributed by atoms with Crippen molar-refractivity contribution in [2.45, 2.75) is 38.6 Å². The lowest BCUT2D eigenvalue weighted by atomic mass is 10.0. The van der Waals surface area contributed by atoms with E-state index in [2.05, 4.69) is 24.0 Å². The Hall–Kier alpha value is -1.35. The van der Waals surface area contributed by atoms with Crippen LogP contribution in [0.3, 0.4) is 0 Å². The van der Waals surface area contributed by atoms with Crippen molar-refractivity contribution in [1.29, 1.82) is 0 Å². The molecule has 1 fully saturated rings. The van der Waals surface area contributed by atoms with Gasteiger partial charge in [-0.2, -0.15) is 0 Å². The topological polar surface area (TPSA) is 23.6 Å². The number of carbonyl (C=O) groups excluding carboxylic acids is 1. The number of likely N-dealkylation sites (tertiary alicyclic amines) is 1. The first kappa shape index (κ1) is 15.0. The molecule has 0 spiro atoms. The second-order valence-electron chi connectivity index (χ2n) is 5.66. The molecule has 1 heterocycles. The fraction of sp³-hybridized carbons (Fsp3) is 0.588. The number of rotatable bonds is 5. The van der Waals surface area contributed by atoms with Gasteiger partial charge in [0.1, 0.15) is 0 Å². The number of carbonyl (C=O) groups is 1. The van der Waals surface area contributed by atoms with Gasteiger partial charge in [0.05, 0.1) is 0 Å². The van der Waals surface area contributed by atoms with E-state index >= 15 is 0 Å². The molecule has 1 saturated heterocycles. The third-order valence-corrected chi connectivity index (χ3v) is 4.42. The van der Waals surface area contributed by atoms with Crippen molar-refractivity contribution >= 4 is 5.91 Å². The van der Waals surface area contributed by atoms with Gasteiger partial charge in [0, 0.05) is 32.6 Å². The predicted molar refractivity (Wildman–Crippen MR) is 82.7 cm³/mol. The van der Waals surface area contributed by atoms with Crippen molar-refractivity contribution in [2.24, 2.45) is 0 Å². The van der Waals surface area contributed by atoms with Crippen LogP contribution in [0.25, 0.3) is 0 Å². The van der Waals surface area contributed by atoms with Crippen LogP contribution in [0.5, 0.6) is 0 Å². The maximum atomic E-state index is 12.3. The summed E-state index contributed by atoms with van der Waals surface area (Å²) in [6, 6.07) is 10.7. The van der Waals surface area contributed by atoms with Crippen molar-refractivity contribution in [3.8, 4) is 0 Å². The molecular formula is C17H26N2O. The van der Waals surface area contributed by atoms with Gasteiger partial charge in [0.2, 0.25) is 5.91 Å². The minimum atomic E-state index is 0.281. The quantitative estimate of drug-likeness (QED) is 0.824. The van der Waals surface area contributed by atoms with E-state index < -0.39 is 0 Å². The number of hydrogen-bond acceptors (Lipinski definition) is 2. The highest BCUT2D eigenvalue weighted by Gasteiger charge is 2.24. The van der Waals surface area contributed by atoms with Crippen LogP contribution >= 0.6 is 0 Å². The summed E-state index contributed by atoms with van der Waals surface area (Å²) in [7, 11) is 1.97. The van der Waals surface area contributed by atoms with Crippen molar-refractivity contribution < 1.29 is 4.79 Å². The number of piperidine rings is 1. The Labute approximate surface area is 122 Å². The van der Waals surface area contributed by atoms with Crippen LogP contribution in [0.1, 0.15) is 31.7 Å². The van der Waals surface area contributed by atoms with Gasteiger partial charge in [0.15, 0.2) is 0 Å². The molecule has 0 atom stereocenters. The Morgan fingerprint density at radius 3 is 2.50 bits per heavy atom. The smallest absolute Gasteiger partial charge is 0.222 e. The van der Waals surface area contributed by atoms with E-state index in [0.717, 1.165) is 38.9 Å². The summed E-state index contributed by atoms with van der Waals surface area (Å²) < 4.78 is 0. The van der Waals surface area contributed by atoms with Gasteiger partial charge >= 0.3 is 0 Å². The third kappa shape index (κ3) is 4.07. The van der Waals surface area contributed by atoms with Crippen LogP contribution in [0.15, 0.2) is 30.3 Å². The number of benzene rings is 1. The first-order valence-corrected chi connectivity index (χ1v) is 7.72. The summed E-state index contributed by atoms with van der Waals surface area (Å²) >= 11 is 0. The molecule has 2 rings (SSSR count). The van der Waals surface area contributed by atoms with E-state index in [-0.39, 0.29) is 5.91 Å². The van der Waals surface area contributed by atoms with Gasteiger partial charge in [-0.25, -0.2) is 0 Å². The van der Waals surface area contributed by atoms with Gasteiger partial charge < -0.3 is 9.80 Å². The largest absolute Gasteiger partial charge is 0.343 e. The summed E-state index contributed by atoms with van der Waals surface area (Å²) in [5.41, 5.74) is 1.25. The Balaban J connectivity index is 1.77. The Bertz CT molecular complexity index is 410. The lowest BCUT2D eigenvalue weighted by Gasteiger charge is -2.36. The second kappa shape index (κ2) is 7.44. The maximum absolute atomic E-state index is 12.3. The normalized spacial score (nSPS) is 17.1. The summed E-state index contributed by atoms with van der Waals surface area (Å²) in [5.74, 6) is 0.281. The zero-order chi connectivity index (χ0) is 14.4. The third-order valence-electron chi connectivity index (χ3n) is 4.42. The van der Waals surface area contributed by atoms with E-state index in [1.54, 1.807) is 0 Å². The SMILES string of the molecule is CCN1CCC(N(C)C(=O)CCc2ccccc2)CC1. The van der Waals surface area contributed by atoms with Crippen LogP contribution in [0.2, 0.25) is 0 Å². The zero-order valence-corrected chi connectivity index (χ0v) is 12.7. The molecule has 3 nitrogen and oxygen atoms in total. The van der Waals surface area contributed by atoms with Crippen LogP contribution in [-0.2, 0) is 11.2 Å². The lowest BCUT2D eigenvalue weighted by molar-refractivity contribution is -0.132. The molecule has 0 unspecified atom stereocenters. The van der Waals surface area contributed by atoms with Gasteiger partial charge in [-0.3, -0.25) is 4.79 Å². The second-order valence-corrected chi connectivity index (χ2v) is 5.66. The number of amides is 1. The minimum absolute atomic E-state index is 0.281. The molecule has 1 amide bonds. The van der Waals surface area contributed by atoms with Crippen molar-refractivity contribution in [1.82, 2.24) is 9.80 Å². The van der Waals surface area contributed by atoms with Gasteiger partial charge in [0.25, 0.3) is 0 Å². The monoisotopic (exact) mass is 274 g/mol. The van der Waals surface area contributed by atoms with Crippen LogP contribution in [0, 0.1) is 0 Å². The van der Waals surface area contributed by atoms with Crippen molar-refractivity contribution in [3.05, 3.63) is 35.9 Å². The Morgan fingerprint density at radius 1 is 1.25 bits per heavy atom. The fourth-order valence-corrected chi connectivity index (χ4v) is 2.90. The Morgan fingerprint density at radius 2 is 1.90 bits per heavy atom. The minimum Gasteiger partial charge on any atom is -0.343 e. The van der Waals surface area contributed by atoms with E-state index in [1.165, 1.54) is 5.56 Å². The molecule has 1 aliphatic rings. The molecule has 1 aliphatic heterocycles. The first-order chi connectivity index (χ1) is 9.70. The lowest BCUT2D eigenvalue weighted by Crippen LogP contribution is -2.45. The molecule has 0 bridgehead atoms. The zero-order valence-electron chi connectivity index (χ0n) is 12.7. The molecule has 0 radical (unpaired) electrons. The molecule has 110 valence electrons. The van der Waals surface area contributed by atoms with Crippen LogP contribution in [-0.4, -0.2) is 48.4 Å². The molecular weight excluding hydrogens is 248 g/mol. The summed E-state index contributed by atoms with van der Waals surface area (Å²) in [6.07, 6.45) is 3.69. The molecule has 20 heavy (non-hydrogen) atoms. The highest BCUT2D eigenvalue weighted by molar-refractivity contribution is 5.76. The summed E-state index contributed by atoms with van der Waals surface area (Å²) in [5, 5.41) is 0. The number of aryl methyl sites for hydroxylation is 1. The molecule has 1 aromatic rings. The van der Waals surface area contributed by atoms with Crippen LogP contribution < -0.4 is 0 Å². The van der Waals surface area contributed by atoms with Gasteiger partial charge in [-0.05, 0) is 31.4 Å².